The fourth-order valence-electron chi connectivity index (χ4n) is 2.60. The zero-order valence-corrected chi connectivity index (χ0v) is 13.8. The van der Waals surface area contributed by atoms with Crippen LogP contribution < -0.4 is 10.1 Å². The third-order valence-electron chi connectivity index (χ3n) is 3.81. The van der Waals surface area contributed by atoms with Crippen LogP contribution in [0.3, 0.4) is 0 Å². The van der Waals surface area contributed by atoms with Crippen molar-refractivity contribution >= 4 is 5.91 Å². The van der Waals surface area contributed by atoms with E-state index in [9.17, 15) is 4.79 Å². The molecular weight excluding hydrogens is 306 g/mol. The maximum atomic E-state index is 12.6. The summed E-state index contributed by atoms with van der Waals surface area (Å²) in [5, 5.41) is 2.98. The van der Waals surface area contributed by atoms with Gasteiger partial charge in [-0.2, -0.15) is 0 Å². The molecule has 0 radical (unpaired) electrons. The van der Waals surface area contributed by atoms with Gasteiger partial charge in [-0.15, -0.1) is 0 Å². The normalized spacial score (nSPS) is 12.0. The Morgan fingerprint density at radius 3 is 2.71 bits per heavy atom. The first-order chi connectivity index (χ1) is 11.6. The van der Waals surface area contributed by atoms with E-state index in [-0.39, 0.29) is 11.7 Å². The number of amides is 1. The van der Waals surface area contributed by atoms with E-state index in [0.717, 1.165) is 5.56 Å². The van der Waals surface area contributed by atoms with Crippen molar-refractivity contribution in [2.45, 2.75) is 13.0 Å². The maximum Gasteiger partial charge on any atom is 0.287 e. The molecule has 3 rings (SSSR count). The van der Waals surface area contributed by atoms with Gasteiger partial charge in [-0.1, -0.05) is 18.2 Å². The molecule has 0 saturated heterocycles. The van der Waals surface area contributed by atoms with Crippen molar-refractivity contribution < 1.29 is 13.9 Å². The number of hydrogen-bond donors (Lipinski definition) is 1. The Balaban J connectivity index is 2.00. The zero-order chi connectivity index (χ0) is 17.1. The van der Waals surface area contributed by atoms with Gasteiger partial charge in [0.05, 0.1) is 7.11 Å². The van der Waals surface area contributed by atoms with E-state index >= 15 is 0 Å². The number of carbonyl (C=O) groups excluding carboxylic acids is 1. The van der Waals surface area contributed by atoms with Gasteiger partial charge in [0.1, 0.15) is 23.4 Å². The number of para-hydroxylation sites is 1. The summed E-state index contributed by atoms with van der Waals surface area (Å²) in [6.45, 7) is 1.80. The molecule has 0 aliphatic heterocycles. The van der Waals surface area contributed by atoms with Gasteiger partial charge in [0.25, 0.3) is 5.91 Å². The summed E-state index contributed by atoms with van der Waals surface area (Å²) in [7, 11) is 3.49. The Hall–Kier alpha value is -3.02. The number of carbonyl (C=O) groups is 1. The first-order valence-corrected chi connectivity index (χ1v) is 7.57. The highest BCUT2D eigenvalue weighted by atomic mass is 16.5. The Labute approximate surface area is 140 Å². The Morgan fingerprint density at radius 1 is 1.29 bits per heavy atom. The molecule has 124 valence electrons. The number of nitrogens with zero attached hydrogens (tertiary/aromatic N) is 2. The summed E-state index contributed by atoms with van der Waals surface area (Å²) in [6, 6.07) is 10.5. The third-order valence-corrected chi connectivity index (χ3v) is 3.81. The lowest BCUT2D eigenvalue weighted by atomic mass is 10.0. The van der Waals surface area contributed by atoms with Crippen LogP contribution >= 0.6 is 0 Å². The molecule has 1 N–H and O–H groups in total. The molecule has 0 saturated carbocycles. The summed E-state index contributed by atoms with van der Waals surface area (Å²) in [4.78, 5) is 16.9. The second-order valence-electron chi connectivity index (χ2n) is 5.46. The van der Waals surface area contributed by atoms with E-state index in [1.54, 1.807) is 32.4 Å². The second-order valence-corrected chi connectivity index (χ2v) is 5.46. The van der Waals surface area contributed by atoms with Gasteiger partial charge in [0.2, 0.25) is 0 Å². The lowest BCUT2D eigenvalue weighted by Crippen LogP contribution is -2.31. The Morgan fingerprint density at radius 2 is 2.08 bits per heavy atom. The number of hydrogen-bond acceptors (Lipinski definition) is 4. The van der Waals surface area contributed by atoms with Crippen molar-refractivity contribution in [2.75, 3.05) is 7.11 Å². The summed E-state index contributed by atoms with van der Waals surface area (Å²) in [5.41, 5.74) is 0.825. The number of imidazole rings is 1. The van der Waals surface area contributed by atoms with Gasteiger partial charge in [-0.3, -0.25) is 4.79 Å². The molecule has 3 aromatic rings. The first-order valence-electron chi connectivity index (χ1n) is 7.57. The van der Waals surface area contributed by atoms with Gasteiger partial charge in [-0.05, 0) is 25.1 Å². The van der Waals surface area contributed by atoms with Crippen molar-refractivity contribution in [1.82, 2.24) is 14.9 Å². The van der Waals surface area contributed by atoms with E-state index in [1.807, 2.05) is 42.1 Å². The number of rotatable bonds is 5. The van der Waals surface area contributed by atoms with Crippen molar-refractivity contribution in [1.29, 1.82) is 0 Å². The minimum Gasteiger partial charge on any atom is -0.496 e. The summed E-state index contributed by atoms with van der Waals surface area (Å²) in [6.07, 6.45) is 3.53. The van der Waals surface area contributed by atoms with E-state index in [0.29, 0.717) is 17.3 Å². The lowest BCUT2D eigenvalue weighted by molar-refractivity contribution is 0.0911. The monoisotopic (exact) mass is 325 g/mol. The van der Waals surface area contributed by atoms with E-state index in [2.05, 4.69) is 10.3 Å². The largest absolute Gasteiger partial charge is 0.496 e. The fourth-order valence-corrected chi connectivity index (χ4v) is 2.60. The molecular formula is C18H19N3O3. The van der Waals surface area contributed by atoms with Gasteiger partial charge in [0, 0.05) is 25.0 Å². The molecule has 0 fully saturated rings. The number of benzene rings is 1. The third kappa shape index (κ3) is 3.03. The van der Waals surface area contributed by atoms with Gasteiger partial charge in [-0.25, -0.2) is 4.98 Å². The number of aromatic nitrogens is 2. The molecule has 24 heavy (non-hydrogen) atoms. The van der Waals surface area contributed by atoms with Gasteiger partial charge >= 0.3 is 0 Å². The molecule has 2 heterocycles. The SMILES string of the molecule is COc1ccccc1[C@@H](NC(=O)c1ccc(C)o1)c1nccn1C. The molecule has 1 aromatic carbocycles. The minimum absolute atomic E-state index is 0.265. The first kappa shape index (κ1) is 15.9. The summed E-state index contributed by atoms with van der Waals surface area (Å²) < 4.78 is 12.7. The van der Waals surface area contributed by atoms with E-state index < -0.39 is 6.04 Å². The second kappa shape index (κ2) is 6.62. The van der Waals surface area contributed by atoms with Crippen molar-refractivity contribution in [3.8, 4) is 5.75 Å². The number of aryl methyl sites for hydroxylation is 2. The van der Waals surface area contributed by atoms with Gasteiger partial charge in [0.15, 0.2) is 5.76 Å². The van der Waals surface area contributed by atoms with Crippen molar-refractivity contribution in [3.63, 3.8) is 0 Å². The predicted molar refractivity (Wildman–Crippen MR) is 89.0 cm³/mol. The highest BCUT2D eigenvalue weighted by Crippen LogP contribution is 2.29. The van der Waals surface area contributed by atoms with Crippen LogP contribution in [0, 0.1) is 6.92 Å². The van der Waals surface area contributed by atoms with Crippen LogP contribution in [0.2, 0.25) is 0 Å². The van der Waals surface area contributed by atoms with Crippen LogP contribution in [0.25, 0.3) is 0 Å². The summed E-state index contributed by atoms with van der Waals surface area (Å²) in [5.74, 6) is 2.03. The Bertz CT molecular complexity index is 851. The zero-order valence-electron chi connectivity index (χ0n) is 13.8. The highest BCUT2D eigenvalue weighted by molar-refractivity contribution is 5.92. The number of furan rings is 1. The van der Waals surface area contributed by atoms with Crippen LogP contribution in [0.5, 0.6) is 5.75 Å². The molecule has 0 aliphatic rings. The quantitative estimate of drug-likeness (QED) is 0.783. The molecule has 1 amide bonds. The summed E-state index contributed by atoms with van der Waals surface area (Å²) >= 11 is 0. The topological polar surface area (TPSA) is 69.3 Å². The molecule has 0 aliphatic carbocycles. The van der Waals surface area contributed by atoms with Crippen LogP contribution in [0.4, 0.5) is 0 Å². The number of methoxy groups -OCH3 is 1. The highest BCUT2D eigenvalue weighted by Gasteiger charge is 2.25. The smallest absolute Gasteiger partial charge is 0.287 e. The number of ether oxygens (including phenoxy) is 1. The van der Waals surface area contributed by atoms with Crippen molar-refractivity contribution in [2.24, 2.45) is 7.05 Å². The van der Waals surface area contributed by atoms with Crippen LogP contribution in [-0.4, -0.2) is 22.6 Å². The molecule has 6 nitrogen and oxygen atoms in total. The molecule has 2 aromatic heterocycles. The standard InChI is InChI=1S/C18H19N3O3/c1-12-8-9-15(24-12)18(22)20-16(17-19-10-11-21(17)2)13-6-4-5-7-14(13)23-3/h4-11,16H,1-3H3,(H,20,22)/t16-/m1/s1. The van der Waals surface area contributed by atoms with Crippen LogP contribution in [0.15, 0.2) is 53.2 Å². The number of nitrogens with one attached hydrogen (secondary N) is 1. The Kier molecular flexibility index (Phi) is 4.37. The van der Waals surface area contributed by atoms with Crippen LogP contribution in [-0.2, 0) is 7.05 Å². The molecule has 6 heteroatoms. The lowest BCUT2D eigenvalue weighted by Gasteiger charge is -2.20. The maximum absolute atomic E-state index is 12.6. The average molecular weight is 325 g/mol. The molecule has 1 atom stereocenters. The molecule has 0 spiro atoms. The van der Waals surface area contributed by atoms with Gasteiger partial charge < -0.3 is 19.0 Å². The van der Waals surface area contributed by atoms with E-state index in [1.165, 1.54) is 0 Å². The fraction of sp³-hybridized carbons (Fsp3) is 0.222. The average Bonchev–Trinajstić information content (AvgIpc) is 3.21. The van der Waals surface area contributed by atoms with E-state index in [4.69, 9.17) is 9.15 Å². The molecule has 0 unspecified atom stereocenters. The van der Waals surface area contributed by atoms with Crippen molar-refractivity contribution in [3.05, 3.63) is 71.7 Å². The molecule has 0 bridgehead atoms. The predicted octanol–water partition coefficient (Wildman–Crippen LogP) is 2.85. The van der Waals surface area contributed by atoms with Crippen LogP contribution in [0.1, 0.15) is 33.7 Å². The minimum atomic E-state index is -0.459.